The molecule has 4 nitrogen and oxygen atoms in total. The van der Waals surface area contributed by atoms with Crippen LogP contribution in [0.2, 0.25) is 0 Å². The van der Waals surface area contributed by atoms with Gasteiger partial charge in [0.05, 0.1) is 11.3 Å². The molecule has 2 aromatic heterocycles. The number of hydrogen-bond acceptors (Lipinski definition) is 2. The van der Waals surface area contributed by atoms with Crippen LogP contribution in [0, 0.1) is 19.8 Å². The molecule has 0 atom stereocenters. The first-order valence-corrected chi connectivity index (χ1v) is 7.34. The van der Waals surface area contributed by atoms with Crippen molar-refractivity contribution >= 4 is 5.91 Å². The van der Waals surface area contributed by atoms with Gasteiger partial charge in [0.1, 0.15) is 0 Å². The van der Waals surface area contributed by atoms with E-state index in [1.165, 1.54) is 0 Å². The maximum Gasteiger partial charge on any atom is 0.251 e. The van der Waals surface area contributed by atoms with Gasteiger partial charge >= 0.3 is 0 Å². The Morgan fingerprint density at radius 2 is 2.00 bits per heavy atom. The SMILES string of the molecule is Cc1c(C(N)=O)c(-c2ccccn2)c(C)n1CCC(C)C. The van der Waals surface area contributed by atoms with Crippen molar-refractivity contribution in [3.05, 3.63) is 41.3 Å². The van der Waals surface area contributed by atoms with Gasteiger partial charge in [-0.05, 0) is 38.3 Å². The number of aromatic nitrogens is 2. The van der Waals surface area contributed by atoms with Crippen molar-refractivity contribution in [3.8, 4) is 11.3 Å². The van der Waals surface area contributed by atoms with E-state index in [1.54, 1.807) is 6.20 Å². The minimum Gasteiger partial charge on any atom is -0.366 e. The van der Waals surface area contributed by atoms with Crippen molar-refractivity contribution in [1.29, 1.82) is 0 Å². The quantitative estimate of drug-likeness (QED) is 0.916. The van der Waals surface area contributed by atoms with Crippen LogP contribution in [0.1, 0.15) is 42.0 Å². The van der Waals surface area contributed by atoms with Gasteiger partial charge in [-0.1, -0.05) is 19.9 Å². The Balaban J connectivity index is 2.58. The average Bonchev–Trinajstić information content (AvgIpc) is 2.69. The lowest BCUT2D eigenvalue weighted by atomic mass is 10.0. The van der Waals surface area contributed by atoms with Gasteiger partial charge < -0.3 is 10.3 Å². The summed E-state index contributed by atoms with van der Waals surface area (Å²) in [5.74, 6) is 0.223. The van der Waals surface area contributed by atoms with Crippen molar-refractivity contribution in [3.63, 3.8) is 0 Å². The smallest absolute Gasteiger partial charge is 0.251 e. The first-order valence-electron chi connectivity index (χ1n) is 7.34. The predicted octanol–water partition coefficient (Wildman–Crippen LogP) is 3.31. The maximum absolute atomic E-state index is 11.9. The lowest BCUT2D eigenvalue weighted by molar-refractivity contribution is 0.1000. The lowest BCUT2D eigenvalue weighted by Crippen LogP contribution is -2.14. The molecule has 0 aliphatic heterocycles. The molecule has 0 aromatic carbocycles. The summed E-state index contributed by atoms with van der Waals surface area (Å²) in [7, 11) is 0. The van der Waals surface area contributed by atoms with Crippen LogP contribution < -0.4 is 5.73 Å². The third-order valence-corrected chi connectivity index (χ3v) is 3.88. The van der Waals surface area contributed by atoms with Gasteiger partial charge in [0, 0.05) is 29.7 Å². The summed E-state index contributed by atoms with van der Waals surface area (Å²) in [5, 5.41) is 0. The minimum atomic E-state index is -0.389. The molecule has 0 fully saturated rings. The van der Waals surface area contributed by atoms with E-state index >= 15 is 0 Å². The molecule has 2 aromatic rings. The van der Waals surface area contributed by atoms with Gasteiger partial charge in [-0.25, -0.2) is 0 Å². The van der Waals surface area contributed by atoms with Crippen molar-refractivity contribution < 1.29 is 4.79 Å². The Morgan fingerprint density at radius 1 is 1.29 bits per heavy atom. The summed E-state index contributed by atoms with van der Waals surface area (Å²) in [6.07, 6.45) is 2.80. The van der Waals surface area contributed by atoms with Gasteiger partial charge in [-0.3, -0.25) is 9.78 Å². The lowest BCUT2D eigenvalue weighted by Gasteiger charge is -2.11. The summed E-state index contributed by atoms with van der Waals surface area (Å²) in [6.45, 7) is 9.28. The summed E-state index contributed by atoms with van der Waals surface area (Å²) in [5.41, 5.74) is 9.86. The number of carbonyl (C=O) groups excluding carboxylic acids is 1. The number of nitrogens with zero attached hydrogens (tertiary/aromatic N) is 2. The first kappa shape index (κ1) is 15.3. The molecule has 4 heteroatoms. The molecule has 2 heterocycles. The highest BCUT2D eigenvalue weighted by Crippen LogP contribution is 2.31. The number of carbonyl (C=O) groups is 1. The zero-order valence-electron chi connectivity index (χ0n) is 13.2. The van der Waals surface area contributed by atoms with Crippen LogP contribution >= 0.6 is 0 Å². The topological polar surface area (TPSA) is 60.9 Å². The maximum atomic E-state index is 11.9. The fourth-order valence-corrected chi connectivity index (χ4v) is 2.73. The molecule has 0 spiro atoms. The fraction of sp³-hybridized carbons (Fsp3) is 0.412. The molecule has 0 bridgehead atoms. The van der Waals surface area contributed by atoms with Crippen molar-refractivity contribution in [2.75, 3.05) is 0 Å². The molecule has 0 saturated heterocycles. The number of hydrogen-bond donors (Lipinski definition) is 1. The highest BCUT2D eigenvalue weighted by molar-refractivity contribution is 6.01. The fourth-order valence-electron chi connectivity index (χ4n) is 2.73. The van der Waals surface area contributed by atoms with Crippen molar-refractivity contribution in [1.82, 2.24) is 9.55 Å². The summed E-state index contributed by atoms with van der Waals surface area (Å²) < 4.78 is 2.18. The summed E-state index contributed by atoms with van der Waals surface area (Å²) in [4.78, 5) is 16.3. The molecule has 1 amide bonds. The van der Waals surface area contributed by atoms with Gasteiger partial charge in [0.2, 0.25) is 0 Å². The third kappa shape index (κ3) is 2.99. The van der Waals surface area contributed by atoms with Crippen LogP contribution in [0.5, 0.6) is 0 Å². The second kappa shape index (κ2) is 6.12. The molecule has 112 valence electrons. The molecule has 0 unspecified atom stereocenters. The zero-order chi connectivity index (χ0) is 15.6. The molecule has 0 aliphatic rings. The van der Waals surface area contributed by atoms with Crippen LogP contribution in [0.4, 0.5) is 0 Å². The van der Waals surface area contributed by atoms with Crippen LogP contribution in [-0.4, -0.2) is 15.5 Å². The van der Waals surface area contributed by atoms with E-state index in [-0.39, 0.29) is 5.91 Å². The van der Waals surface area contributed by atoms with Gasteiger partial charge in [0.25, 0.3) is 5.91 Å². The van der Waals surface area contributed by atoms with Crippen molar-refractivity contribution in [2.24, 2.45) is 11.7 Å². The molecule has 0 aliphatic carbocycles. The number of pyridine rings is 1. The van der Waals surface area contributed by atoms with E-state index in [9.17, 15) is 4.79 Å². The van der Waals surface area contributed by atoms with E-state index in [0.29, 0.717) is 11.5 Å². The van der Waals surface area contributed by atoms with Crippen LogP contribution in [0.25, 0.3) is 11.3 Å². The van der Waals surface area contributed by atoms with E-state index in [1.807, 2.05) is 32.0 Å². The number of nitrogens with two attached hydrogens (primary N) is 1. The minimum absolute atomic E-state index is 0.389. The van der Waals surface area contributed by atoms with E-state index in [4.69, 9.17) is 5.73 Å². The number of rotatable bonds is 5. The molecule has 0 radical (unpaired) electrons. The monoisotopic (exact) mass is 285 g/mol. The highest BCUT2D eigenvalue weighted by Gasteiger charge is 2.23. The van der Waals surface area contributed by atoms with Gasteiger partial charge in [-0.15, -0.1) is 0 Å². The Labute approximate surface area is 126 Å². The molecular formula is C17H23N3O. The predicted molar refractivity (Wildman–Crippen MR) is 85.1 cm³/mol. The number of amides is 1. The second-order valence-corrected chi connectivity index (χ2v) is 5.83. The van der Waals surface area contributed by atoms with Crippen LogP contribution in [0.3, 0.4) is 0 Å². The summed E-state index contributed by atoms with van der Waals surface area (Å²) in [6, 6.07) is 5.71. The zero-order valence-corrected chi connectivity index (χ0v) is 13.2. The van der Waals surface area contributed by atoms with E-state index in [0.717, 1.165) is 35.6 Å². The Morgan fingerprint density at radius 3 is 2.52 bits per heavy atom. The normalized spacial score (nSPS) is 11.1. The third-order valence-electron chi connectivity index (χ3n) is 3.88. The molecule has 2 rings (SSSR count). The molecule has 21 heavy (non-hydrogen) atoms. The highest BCUT2D eigenvalue weighted by atomic mass is 16.1. The molecular weight excluding hydrogens is 262 g/mol. The second-order valence-electron chi connectivity index (χ2n) is 5.83. The standard InChI is InChI=1S/C17H23N3O/c1-11(2)8-10-20-12(3)15(14-7-5-6-9-19-14)16(13(20)4)17(18)21/h5-7,9,11H,8,10H2,1-4H3,(H2,18,21). The summed E-state index contributed by atoms with van der Waals surface area (Å²) >= 11 is 0. The first-order chi connectivity index (χ1) is 9.93. The average molecular weight is 285 g/mol. The molecule has 2 N–H and O–H groups in total. The van der Waals surface area contributed by atoms with Crippen LogP contribution in [-0.2, 0) is 6.54 Å². The van der Waals surface area contributed by atoms with Crippen molar-refractivity contribution in [2.45, 2.75) is 40.7 Å². The Hall–Kier alpha value is -2.10. The van der Waals surface area contributed by atoms with Gasteiger partial charge in [-0.2, -0.15) is 0 Å². The number of primary amides is 1. The Kier molecular flexibility index (Phi) is 4.46. The van der Waals surface area contributed by atoms with Gasteiger partial charge in [0.15, 0.2) is 0 Å². The van der Waals surface area contributed by atoms with E-state index in [2.05, 4.69) is 23.4 Å². The van der Waals surface area contributed by atoms with Crippen LogP contribution in [0.15, 0.2) is 24.4 Å². The molecule has 0 saturated carbocycles. The van der Waals surface area contributed by atoms with E-state index < -0.39 is 0 Å². The largest absolute Gasteiger partial charge is 0.366 e. The Bertz CT molecular complexity index is 642.